The van der Waals surface area contributed by atoms with E-state index in [0.29, 0.717) is 0 Å². The van der Waals surface area contributed by atoms with Gasteiger partial charge in [-0.25, -0.2) is 15.0 Å². The summed E-state index contributed by atoms with van der Waals surface area (Å²) in [7, 11) is 0. The van der Waals surface area contributed by atoms with Gasteiger partial charge in [0.05, 0.1) is 4.92 Å². The lowest BCUT2D eigenvalue weighted by Crippen LogP contribution is -2.46. The van der Waals surface area contributed by atoms with Crippen molar-refractivity contribution in [1.82, 2.24) is 20.3 Å². The van der Waals surface area contributed by atoms with Crippen molar-refractivity contribution in [2.24, 2.45) is 0 Å². The molecule has 5 aromatic rings. The first kappa shape index (κ1) is 35.9. The van der Waals surface area contributed by atoms with Gasteiger partial charge in [-0.1, -0.05) is 18.2 Å². The van der Waals surface area contributed by atoms with Crippen LogP contribution in [0.25, 0.3) is 0 Å². The molecule has 0 amide bonds. The zero-order chi connectivity index (χ0) is 36.0. The Morgan fingerprint density at radius 1 is 0.500 bits per heavy atom. The van der Waals surface area contributed by atoms with Gasteiger partial charge in [-0.15, -0.1) is 0 Å². The Hall–Kier alpha value is -5.95. The predicted molar refractivity (Wildman–Crippen MR) is 211 cm³/mol. The summed E-state index contributed by atoms with van der Waals surface area (Å²) in [5, 5.41) is 14.0. The second-order valence-corrected chi connectivity index (χ2v) is 12.6. The molecular formula is C39H47N11O2. The molecule has 0 aliphatic carbocycles. The van der Waals surface area contributed by atoms with Crippen LogP contribution in [0, 0.1) is 10.1 Å². The molecule has 52 heavy (non-hydrogen) atoms. The van der Waals surface area contributed by atoms with E-state index in [1.807, 2.05) is 79.1 Å². The molecule has 3 aliphatic heterocycles. The molecular weight excluding hydrogens is 655 g/mol. The Kier molecular flexibility index (Phi) is 12.6. The number of anilines is 6. The molecule has 6 heterocycles. The molecule has 3 aliphatic rings. The van der Waals surface area contributed by atoms with Crippen LogP contribution < -0.4 is 35.6 Å². The lowest BCUT2D eigenvalue weighted by Gasteiger charge is -2.36. The Balaban J connectivity index is 0.000000139. The van der Waals surface area contributed by atoms with E-state index in [0.717, 1.165) is 107 Å². The lowest BCUT2D eigenvalue weighted by molar-refractivity contribution is -0.384. The molecule has 270 valence electrons. The molecule has 0 radical (unpaired) electrons. The van der Waals surface area contributed by atoms with Crippen LogP contribution in [0.3, 0.4) is 0 Å². The van der Waals surface area contributed by atoms with Gasteiger partial charge in [-0.05, 0) is 72.8 Å². The number of nitrogen functional groups attached to an aromatic ring is 1. The molecule has 3 N–H and O–H groups in total. The van der Waals surface area contributed by atoms with Gasteiger partial charge in [0.1, 0.15) is 17.5 Å². The number of nitrogens with zero attached hydrogens (tertiary/aromatic N) is 9. The average Bonchev–Trinajstić information content (AvgIpc) is 3.23. The average molecular weight is 702 g/mol. The van der Waals surface area contributed by atoms with Crippen molar-refractivity contribution in [2.75, 3.05) is 109 Å². The molecule has 0 saturated carbocycles. The van der Waals surface area contributed by atoms with E-state index in [4.69, 9.17) is 5.73 Å². The van der Waals surface area contributed by atoms with E-state index in [2.05, 4.69) is 69.0 Å². The minimum absolute atomic E-state index is 0.130. The van der Waals surface area contributed by atoms with Crippen LogP contribution in [0.5, 0.6) is 0 Å². The number of nitro groups is 1. The predicted octanol–water partition coefficient (Wildman–Crippen LogP) is 4.80. The summed E-state index contributed by atoms with van der Waals surface area (Å²) < 4.78 is 0. The van der Waals surface area contributed by atoms with Crippen molar-refractivity contribution in [3.8, 4) is 0 Å². The maximum absolute atomic E-state index is 10.7. The molecule has 3 saturated heterocycles. The third-order valence-electron chi connectivity index (χ3n) is 9.28. The molecule has 13 heteroatoms. The van der Waals surface area contributed by atoms with Gasteiger partial charge in [-0.3, -0.25) is 10.1 Å². The van der Waals surface area contributed by atoms with Gasteiger partial charge in [0, 0.05) is 126 Å². The molecule has 3 fully saturated rings. The minimum atomic E-state index is -0.372. The third kappa shape index (κ3) is 10.1. The maximum Gasteiger partial charge on any atom is 0.269 e. The SMILES string of the molecule is Nc1ccc(N2CCN(c3ccccn3)CC2)cc1.O=[N+]([O-])c1ccc(N2CCN(c3ccccn3)CC2)cc1.c1ccc(N2CCNCC2)nc1. The fourth-order valence-corrected chi connectivity index (χ4v) is 6.37. The van der Waals surface area contributed by atoms with Gasteiger partial charge in [-0.2, -0.15) is 0 Å². The van der Waals surface area contributed by atoms with E-state index in [-0.39, 0.29) is 10.6 Å². The normalized spacial score (nSPS) is 15.9. The van der Waals surface area contributed by atoms with Crippen LogP contribution >= 0.6 is 0 Å². The van der Waals surface area contributed by atoms with E-state index >= 15 is 0 Å². The van der Waals surface area contributed by atoms with E-state index in [1.54, 1.807) is 18.3 Å². The summed E-state index contributed by atoms with van der Waals surface area (Å²) >= 11 is 0. The first-order valence-electron chi connectivity index (χ1n) is 17.8. The van der Waals surface area contributed by atoms with Crippen molar-refractivity contribution in [2.45, 2.75) is 0 Å². The highest BCUT2D eigenvalue weighted by Crippen LogP contribution is 2.23. The number of hydrogen-bond acceptors (Lipinski definition) is 12. The number of rotatable bonds is 6. The van der Waals surface area contributed by atoms with Crippen LogP contribution in [-0.2, 0) is 0 Å². The highest BCUT2D eigenvalue weighted by Gasteiger charge is 2.19. The summed E-state index contributed by atoms with van der Waals surface area (Å²) in [6.07, 6.45) is 5.50. The molecule has 0 spiro atoms. The number of pyridine rings is 3. The second-order valence-electron chi connectivity index (χ2n) is 12.6. The highest BCUT2D eigenvalue weighted by molar-refractivity contribution is 5.55. The summed E-state index contributed by atoms with van der Waals surface area (Å²) in [6, 6.07) is 32.9. The van der Waals surface area contributed by atoms with Crippen LogP contribution in [0.15, 0.2) is 122 Å². The second kappa shape index (κ2) is 18.3. The quantitative estimate of drug-likeness (QED) is 0.143. The lowest BCUT2D eigenvalue weighted by atomic mass is 10.2. The Morgan fingerprint density at radius 3 is 1.23 bits per heavy atom. The fraction of sp³-hybridized carbons (Fsp3) is 0.308. The number of non-ortho nitro benzene ring substituents is 1. The highest BCUT2D eigenvalue weighted by atomic mass is 16.6. The Morgan fingerprint density at radius 2 is 0.865 bits per heavy atom. The van der Waals surface area contributed by atoms with Gasteiger partial charge in [0.15, 0.2) is 0 Å². The van der Waals surface area contributed by atoms with Gasteiger partial charge in [0.2, 0.25) is 0 Å². The minimum Gasteiger partial charge on any atom is -0.399 e. The molecule has 3 aromatic heterocycles. The number of hydrogen-bond donors (Lipinski definition) is 2. The number of aromatic nitrogens is 3. The van der Waals surface area contributed by atoms with Crippen molar-refractivity contribution in [3.63, 3.8) is 0 Å². The molecule has 0 bridgehead atoms. The first-order chi connectivity index (χ1) is 25.5. The standard InChI is InChI=1S/C15H16N4O2.C15H18N4.C9H13N3/c20-19(21)14-6-4-13(5-7-14)17-9-11-18(12-10-17)15-3-1-2-8-16-15;16-13-4-6-14(7-5-13)18-9-11-19(12-10-18)15-3-1-2-8-17-15;1-2-4-11-9(3-1)12-7-5-10-6-8-12/h1-8H,9-12H2;1-8H,9-12,16H2;1-4,10H,5-8H2. The van der Waals surface area contributed by atoms with Crippen LogP contribution in [0.2, 0.25) is 0 Å². The van der Waals surface area contributed by atoms with Crippen molar-refractivity contribution in [3.05, 3.63) is 132 Å². The molecule has 0 unspecified atom stereocenters. The Labute approximate surface area is 305 Å². The van der Waals surface area contributed by atoms with Crippen LogP contribution in [-0.4, -0.2) is 98.4 Å². The monoisotopic (exact) mass is 701 g/mol. The summed E-state index contributed by atoms with van der Waals surface area (Å²) in [5.41, 5.74) is 8.94. The number of nitrogens with one attached hydrogen (secondary N) is 1. The molecule has 13 nitrogen and oxygen atoms in total. The summed E-state index contributed by atoms with van der Waals surface area (Å²) in [4.78, 5) is 34.9. The third-order valence-corrected chi connectivity index (χ3v) is 9.28. The number of piperazine rings is 3. The first-order valence-corrected chi connectivity index (χ1v) is 17.8. The zero-order valence-electron chi connectivity index (χ0n) is 29.5. The van der Waals surface area contributed by atoms with E-state index in [1.165, 1.54) is 5.69 Å². The number of benzene rings is 2. The number of nitro benzene ring substituents is 1. The Bertz CT molecular complexity index is 1760. The van der Waals surface area contributed by atoms with Gasteiger partial charge >= 0.3 is 0 Å². The van der Waals surface area contributed by atoms with E-state index in [9.17, 15) is 10.1 Å². The molecule has 8 rings (SSSR count). The fourth-order valence-electron chi connectivity index (χ4n) is 6.37. The van der Waals surface area contributed by atoms with Crippen LogP contribution in [0.4, 0.5) is 40.2 Å². The number of nitrogens with two attached hydrogens (primary N) is 1. The van der Waals surface area contributed by atoms with Crippen molar-refractivity contribution >= 4 is 40.2 Å². The molecule has 2 aromatic carbocycles. The van der Waals surface area contributed by atoms with Gasteiger partial charge in [0.25, 0.3) is 5.69 Å². The largest absolute Gasteiger partial charge is 0.399 e. The topological polar surface area (TPSA) is 136 Å². The van der Waals surface area contributed by atoms with E-state index < -0.39 is 0 Å². The maximum atomic E-state index is 10.7. The summed E-state index contributed by atoms with van der Waals surface area (Å²) in [6.45, 7) is 11.9. The smallest absolute Gasteiger partial charge is 0.269 e. The zero-order valence-corrected chi connectivity index (χ0v) is 29.5. The van der Waals surface area contributed by atoms with Gasteiger partial charge < -0.3 is 35.6 Å². The molecule has 0 atom stereocenters. The van der Waals surface area contributed by atoms with Crippen molar-refractivity contribution in [1.29, 1.82) is 0 Å². The van der Waals surface area contributed by atoms with Crippen molar-refractivity contribution < 1.29 is 4.92 Å². The summed E-state index contributed by atoms with van der Waals surface area (Å²) in [5.74, 6) is 3.17. The van der Waals surface area contributed by atoms with Crippen LogP contribution in [0.1, 0.15) is 0 Å².